The molecule has 5 nitrogen and oxygen atoms in total. The Morgan fingerprint density at radius 1 is 1.20 bits per heavy atom. The normalized spacial score (nSPS) is 11.2. The van der Waals surface area contributed by atoms with Crippen LogP contribution in [0.1, 0.15) is 11.1 Å². The number of hydrogen-bond acceptors (Lipinski definition) is 3. The number of rotatable bonds is 5. The molecule has 0 radical (unpaired) electrons. The predicted molar refractivity (Wildman–Crippen MR) is 101 cm³/mol. The Hall–Kier alpha value is -1.93. The molecular formula is C17H18BrFN2O3S. The van der Waals surface area contributed by atoms with E-state index >= 15 is 0 Å². The van der Waals surface area contributed by atoms with Crippen molar-refractivity contribution in [2.24, 2.45) is 0 Å². The third-order valence-corrected chi connectivity index (χ3v) is 5.13. The molecule has 0 atom stereocenters. The van der Waals surface area contributed by atoms with Crippen molar-refractivity contribution < 1.29 is 17.6 Å². The average molecular weight is 429 g/mol. The minimum absolute atomic E-state index is 0.0118. The highest BCUT2D eigenvalue weighted by Crippen LogP contribution is 2.24. The summed E-state index contributed by atoms with van der Waals surface area (Å²) in [5.74, 6) is -1.24. The molecule has 134 valence electrons. The summed E-state index contributed by atoms with van der Waals surface area (Å²) in [5, 5.41) is 2.40. The molecule has 1 amide bonds. The Balaban J connectivity index is 2.27. The molecule has 0 spiro atoms. The van der Waals surface area contributed by atoms with E-state index < -0.39 is 28.3 Å². The van der Waals surface area contributed by atoms with Crippen molar-refractivity contribution in [3.63, 3.8) is 0 Å². The lowest BCUT2D eigenvalue weighted by Crippen LogP contribution is -2.38. The smallest absolute Gasteiger partial charge is 0.245 e. The van der Waals surface area contributed by atoms with E-state index in [0.717, 1.165) is 21.7 Å². The van der Waals surface area contributed by atoms with Crippen LogP contribution >= 0.6 is 15.9 Å². The summed E-state index contributed by atoms with van der Waals surface area (Å²) in [7, 11) is -3.69. The van der Waals surface area contributed by atoms with Crippen molar-refractivity contribution in [3.8, 4) is 0 Å². The van der Waals surface area contributed by atoms with Gasteiger partial charge in [0.05, 0.1) is 17.6 Å². The standard InChI is InChI=1S/C17H18BrFN2O3S/c1-11-4-7-16(12(2)8-11)21(25(3,23)24)10-17(22)20-15-6-5-13(18)9-14(15)19/h4-9H,10H2,1-3H3,(H,20,22). The van der Waals surface area contributed by atoms with Crippen LogP contribution in [0.25, 0.3) is 0 Å². The molecule has 1 N–H and O–H groups in total. The van der Waals surface area contributed by atoms with Gasteiger partial charge in [0.2, 0.25) is 15.9 Å². The Morgan fingerprint density at radius 3 is 2.44 bits per heavy atom. The van der Waals surface area contributed by atoms with Crippen LogP contribution in [0.5, 0.6) is 0 Å². The quantitative estimate of drug-likeness (QED) is 0.790. The fourth-order valence-corrected chi connectivity index (χ4v) is 3.62. The predicted octanol–water partition coefficient (Wildman–Crippen LogP) is 3.61. The van der Waals surface area contributed by atoms with Gasteiger partial charge in [-0.1, -0.05) is 33.6 Å². The number of carbonyl (C=O) groups excluding carboxylic acids is 1. The summed E-state index contributed by atoms with van der Waals surface area (Å²) in [4.78, 5) is 12.3. The first-order valence-electron chi connectivity index (χ1n) is 7.38. The van der Waals surface area contributed by atoms with E-state index in [4.69, 9.17) is 0 Å². The molecule has 0 bridgehead atoms. The van der Waals surface area contributed by atoms with Gasteiger partial charge in [0, 0.05) is 4.47 Å². The second-order valence-corrected chi connectivity index (χ2v) is 8.55. The molecule has 25 heavy (non-hydrogen) atoms. The van der Waals surface area contributed by atoms with Gasteiger partial charge in [0.15, 0.2) is 0 Å². The number of nitrogens with one attached hydrogen (secondary N) is 1. The van der Waals surface area contributed by atoms with Gasteiger partial charge < -0.3 is 5.32 Å². The largest absolute Gasteiger partial charge is 0.322 e. The molecule has 0 aromatic heterocycles. The Morgan fingerprint density at radius 2 is 1.88 bits per heavy atom. The van der Waals surface area contributed by atoms with Gasteiger partial charge in [-0.05, 0) is 43.7 Å². The molecule has 2 aromatic carbocycles. The van der Waals surface area contributed by atoms with E-state index in [2.05, 4.69) is 21.2 Å². The highest BCUT2D eigenvalue weighted by atomic mass is 79.9. The first-order chi connectivity index (χ1) is 11.6. The van der Waals surface area contributed by atoms with E-state index in [1.807, 2.05) is 13.0 Å². The van der Waals surface area contributed by atoms with Crippen molar-refractivity contribution in [3.05, 3.63) is 57.8 Å². The fourth-order valence-electron chi connectivity index (χ4n) is 2.38. The van der Waals surface area contributed by atoms with Crippen molar-refractivity contribution in [1.82, 2.24) is 0 Å². The van der Waals surface area contributed by atoms with E-state index in [0.29, 0.717) is 10.2 Å². The molecule has 0 saturated heterocycles. The molecule has 2 rings (SSSR count). The third-order valence-electron chi connectivity index (χ3n) is 3.51. The zero-order valence-corrected chi connectivity index (χ0v) is 16.4. The van der Waals surface area contributed by atoms with Crippen LogP contribution in [0, 0.1) is 19.7 Å². The van der Waals surface area contributed by atoms with E-state index in [-0.39, 0.29) is 5.69 Å². The highest BCUT2D eigenvalue weighted by Gasteiger charge is 2.22. The number of nitrogens with zero attached hydrogens (tertiary/aromatic N) is 1. The second kappa shape index (κ2) is 7.53. The SMILES string of the molecule is Cc1ccc(N(CC(=O)Nc2ccc(Br)cc2F)S(C)(=O)=O)c(C)c1. The first kappa shape index (κ1) is 19.4. The number of halogens is 2. The van der Waals surface area contributed by atoms with Crippen LogP contribution in [-0.2, 0) is 14.8 Å². The number of sulfonamides is 1. The van der Waals surface area contributed by atoms with Gasteiger partial charge in [-0.3, -0.25) is 9.10 Å². The van der Waals surface area contributed by atoms with Gasteiger partial charge in [-0.15, -0.1) is 0 Å². The average Bonchev–Trinajstić information content (AvgIpc) is 2.47. The molecule has 0 fully saturated rings. The maximum Gasteiger partial charge on any atom is 0.245 e. The fraction of sp³-hybridized carbons (Fsp3) is 0.235. The molecule has 2 aromatic rings. The highest BCUT2D eigenvalue weighted by molar-refractivity contribution is 9.10. The Labute approximate surface area is 155 Å². The first-order valence-corrected chi connectivity index (χ1v) is 10.0. The zero-order valence-electron chi connectivity index (χ0n) is 14.0. The summed E-state index contributed by atoms with van der Waals surface area (Å²) in [6.45, 7) is 3.22. The Kier molecular flexibility index (Phi) is 5.84. The zero-order chi connectivity index (χ0) is 18.8. The van der Waals surface area contributed by atoms with Crippen LogP contribution in [0.4, 0.5) is 15.8 Å². The van der Waals surface area contributed by atoms with Gasteiger partial charge >= 0.3 is 0 Å². The van der Waals surface area contributed by atoms with Crippen molar-refractivity contribution in [2.45, 2.75) is 13.8 Å². The number of carbonyl (C=O) groups is 1. The molecule has 0 unspecified atom stereocenters. The van der Waals surface area contributed by atoms with Crippen LogP contribution in [-0.4, -0.2) is 27.1 Å². The van der Waals surface area contributed by atoms with Gasteiger partial charge in [0.1, 0.15) is 12.4 Å². The number of anilines is 2. The minimum atomic E-state index is -3.69. The van der Waals surface area contributed by atoms with Crippen molar-refractivity contribution >= 4 is 43.2 Å². The van der Waals surface area contributed by atoms with Gasteiger partial charge in [-0.25, -0.2) is 12.8 Å². The van der Waals surface area contributed by atoms with Crippen molar-refractivity contribution in [2.75, 3.05) is 22.4 Å². The molecule has 0 aliphatic heterocycles. The van der Waals surface area contributed by atoms with Crippen molar-refractivity contribution in [1.29, 1.82) is 0 Å². The topological polar surface area (TPSA) is 66.5 Å². The Bertz CT molecular complexity index is 916. The van der Waals surface area contributed by atoms with E-state index in [1.165, 1.54) is 12.1 Å². The monoisotopic (exact) mass is 428 g/mol. The second-order valence-electron chi connectivity index (χ2n) is 5.73. The molecular weight excluding hydrogens is 411 g/mol. The van der Waals surface area contributed by atoms with Crippen LogP contribution in [0.2, 0.25) is 0 Å². The van der Waals surface area contributed by atoms with Crippen LogP contribution < -0.4 is 9.62 Å². The van der Waals surface area contributed by atoms with E-state index in [9.17, 15) is 17.6 Å². The maximum atomic E-state index is 13.8. The summed E-state index contributed by atoms with van der Waals surface area (Å²) in [6.07, 6.45) is 1.03. The molecule has 0 aliphatic carbocycles. The lowest BCUT2D eigenvalue weighted by atomic mass is 10.1. The number of aryl methyl sites for hydroxylation is 2. The molecule has 0 saturated carbocycles. The number of hydrogen-bond donors (Lipinski definition) is 1. The molecule has 8 heteroatoms. The van der Waals surface area contributed by atoms with Gasteiger partial charge in [0.25, 0.3) is 0 Å². The minimum Gasteiger partial charge on any atom is -0.322 e. The lowest BCUT2D eigenvalue weighted by molar-refractivity contribution is -0.114. The summed E-state index contributed by atoms with van der Waals surface area (Å²) < 4.78 is 39.7. The number of benzene rings is 2. The summed E-state index contributed by atoms with van der Waals surface area (Å²) >= 11 is 3.13. The van der Waals surface area contributed by atoms with Crippen LogP contribution in [0.15, 0.2) is 40.9 Å². The van der Waals surface area contributed by atoms with E-state index in [1.54, 1.807) is 25.1 Å². The van der Waals surface area contributed by atoms with Gasteiger partial charge in [-0.2, -0.15) is 0 Å². The lowest BCUT2D eigenvalue weighted by Gasteiger charge is -2.24. The third kappa shape index (κ3) is 5.02. The maximum absolute atomic E-state index is 13.8. The van der Waals surface area contributed by atoms with Crippen LogP contribution in [0.3, 0.4) is 0 Å². The molecule has 0 aliphatic rings. The number of amides is 1. The molecule has 0 heterocycles. The summed E-state index contributed by atoms with van der Waals surface area (Å²) in [5.41, 5.74) is 2.12. The summed E-state index contributed by atoms with van der Waals surface area (Å²) in [6, 6.07) is 9.45.